The van der Waals surface area contributed by atoms with Gasteiger partial charge in [0.25, 0.3) is 0 Å². The molecule has 4 nitrogen and oxygen atoms in total. The molecule has 0 amide bonds. The van der Waals surface area contributed by atoms with Gasteiger partial charge in [-0.2, -0.15) is 0 Å². The molecular weight excluding hydrogens is 313 g/mol. The number of ether oxygens (including phenoxy) is 1. The third-order valence-corrected chi connectivity index (χ3v) is 4.03. The van der Waals surface area contributed by atoms with Gasteiger partial charge in [0.15, 0.2) is 9.84 Å². The van der Waals surface area contributed by atoms with Crippen molar-refractivity contribution in [2.24, 2.45) is 5.73 Å². The number of halogens is 1. The lowest BCUT2D eigenvalue weighted by Crippen LogP contribution is -2.13. The van der Waals surface area contributed by atoms with E-state index in [4.69, 9.17) is 22.7 Å². The van der Waals surface area contributed by atoms with Crippen LogP contribution in [-0.2, 0) is 9.84 Å². The van der Waals surface area contributed by atoms with E-state index < -0.39 is 15.7 Å². The zero-order valence-electron chi connectivity index (χ0n) is 11.0. The van der Waals surface area contributed by atoms with Crippen LogP contribution in [-0.4, -0.2) is 19.7 Å². The van der Waals surface area contributed by atoms with E-state index in [-0.39, 0.29) is 21.2 Å². The number of sulfone groups is 1. The third-order valence-electron chi connectivity index (χ3n) is 2.70. The number of hydrogen-bond donors (Lipinski definition) is 1. The topological polar surface area (TPSA) is 69.4 Å². The van der Waals surface area contributed by atoms with Gasteiger partial charge in [0.1, 0.15) is 22.3 Å². The van der Waals surface area contributed by atoms with Crippen LogP contribution in [0.3, 0.4) is 0 Å². The van der Waals surface area contributed by atoms with Crippen molar-refractivity contribution >= 4 is 27.0 Å². The molecule has 2 aromatic carbocycles. The lowest BCUT2D eigenvalue weighted by atomic mass is 10.2. The quantitative estimate of drug-likeness (QED) is 0.875. The van der Waals surface area contributed by atoms with Crippen LogP contribution in [0.2, 0.25) is 0 Å². The monoisotopic (exact) mass is 325 g/mol. The second-order valence-corrected chi connectivity index (χ2v) is 6.78. The summed E-state index contributed by atoms with van der Waals surface area (Å²) < 4.78 is 41.9. The second kappa shape index (κ2) is 5.79. The molecule has 2 N–H and O–H groups in total. The molecule has 0 saturated carbocycles. The molecule has 2 aromatic rings. The summed E-state index contributed by atoms with van der Waals surface area (Å²) in [5.74, 6) is -0.0483. The molecule has 0 atom stereocenters. The van der Waals surface area contributed by atoms with Crippen LogP contribution in [0, 0.1) is 5.82 Å². The predicted molar refractivity (Wildman–Crippen MR) is 81.9 cm³/mol. The normalized spacial score (nSPS) is 11.1. The third kappa shape index (κ3) is 3.56. The molecule has 0 heterocycles. The molecule has 110 valence electrons. The first-order chi connectivity index (χ1) is 9.79. The Labute approximate surface area is 127 Å². The van der Waals surface area contributed by atoms with Crippen LogP contribution in [0.5, 0.6) is 11.5 Å². The second-order valence-electron chi connectivity index (χ2n) is 4.32. The smallest absolute Gasteiger partial charge is 0.175 e. The van der Waals surface area contributed by atoms with Gasteiger partial charge >= 0.3 is 0 Å². The molecule has 0 spiro atoms. The van der Waals surface area contributed by atoms with Gasteiger partial charge < -0.3 is 10.5 Å². The van der Waals surface area contributed by atoms with Gasteiger partial charge in [-0.3, -0.25) is 0 Å². The fourth-order valence-corrected chi connectivity index (χ4v) is 2.54. The van der Waals surface area contributed by atoms with Crippen LogP contribution >= 0.6 is 12.2 Å². The highest BCUT2D eigenvalue weighted by atomic mass is 32.2. The van der Waals surface area contributed by atoms with Gasteiger partial charge in [0, 0.05) is 6.26 Å². The maximum atomic E-state index is 13.7. The van der Waals surface area contributed by atoms with Crippen LogP contribution in [0.1, 0.15) is 5.56 Å². The Morgan fingerprint density at radius 3 is 2.33 bits per heavy atom. The number of thiocarbonyl (C=S) groups is 1. The lowest BCUT2D eigenvalue weighted by molar-refractivity contribution is 0.475. The molecule has 0 aliphatic rings. The van der Waals surface area contributed by atoms with Crippen molar-refractivity contribution in [3.63, 3.8) is 0 Å². The van der Waals surface area contributed by atoms with Gasteiger partial charge in [-0.05, 0) is 36.4 Å². The molecule has 0 bridgehead atoms. The standard InChI is InChI=1S/C14H12FNO3S2/c1-21(17,18)10-7-5-9(6-8-10)19-12-4-2-3-11(15)13(12)14(16)20/h2-8H,1H3,(H2,16,20). The summed E-state index contributed by atoms with van der Waals surface area (Å²) in [5.41, 5.74) is 5.50. The molecule has 0 aromatic heterocycles. The highest BCUT2D eigenvalue weighted by molar-refractivity contribution is 7.90. The van der Waals surface area contributed by atoms with E-state index in [1.807, 2.05) is 0 Å². The van der Waals surface area contributed by atoms with Crippen LogP contribution in [0.15, 0.2) is 47.4 Å². The van der Waals surface area contributed by atoms with E-state index >= 15 is 0 Å². The number of nitrogens with two attached hydrogens (primary N) is 1. The number of hydrogen-bond acceptors (Lipinski definition) is 4. The molecule has 0 unspecified atom stereocenters. The summed E-state index contributed by atoms with van der Waals surface area (Å²) in [5, 5.41) is 0. The Kier molecular flexibility index (Phi) is 4.24. The summed E-state index contributed by atoms with van der Waals surface area (Å²) in [7, 11) is -3.28. The van der Waals surface area contributed by atoms with E-state index in [9.17, 15) is 12.8 Å². The summed E-state index contributed by atoms with van der Waals surface area (Å²) in [6.07, 6.45) is 1.11. The Morgan fingerprint density at radius 1 is 1.19 bits per heavy atom. The average molecular weight is 325 g/mol. The number of benzene rings is 2. The maximum absolute atomic E-state index is 13.7. The van der Waals surface area contributed by atoms with Gasteiger partial charge in [-0.15, -0.1) is 0 Å². The summed E-state index contributed by atoms with van der Waals surface area (Å²) in [4.78, 5) is 0.0551. The zero-order chi connectivity index (χ0) is 15.6. The van der Waals surface area contributed by atoms with E-state index in [1.54, 1.807) is 0 Å². The summed E-state index contributed by atoms with van der Waals surface area (Å²) in [6, 6.07) is 10.00. The highest BCUT2D eigenvalue weighted by Crippen LogP contribution is 2.27. The van der Waals surface area contributed by atoms with Crippen molar-refractivity contribution in [2.45, 2.75) is 4.90 Å². The molecule has 7 heteroatoms. The molecule has 0 saturated heterocycles. The first kappa shape index (κ1) is 15.4. The molecule has 0 radical (unpaired) electrons. The minimum atomic E-state index is -3.28. The van der Waals surface area contributed by atoms with E-state index in [1.165, 1.54) is 42.5 Å². The Bertz CT molecular complexity index is 786. The van der Waals surface area contributed by atoms with Crippen LogP contribution in [0.25, 0.3) is 0 Å². The Balaban J connectivity index is 2.35. The predicted octanol–water partition coefficient (Wildman–Crippen LogP) is 2.66. The van der Waals surface area contributed by atoms with Crippen molar-refractivity contribution in [1.29, 1.82) is 0 Å². The fraction of sp³-hybridized carbons (Fsp3) is 0.0714. The first-order valence-electron chi connectivity index (χ1n) is 5.85. The lowest BCUT2D eigenvalue weighted by Gasteiger charge is -2.11. The Hall–Kier alpha value is -1.99. The average Bonchev–Trinajstić information content (AvgIpc) is 2.38. The Morgan fingerprint density at radius 2 is 1.81 bits per heavy atom. The van der Waals surface area contributed by atoms with Crippen molar-refractivity contribution in [3.8, 4) is 11.5 Å². The molecule has 21 heavy (non-hydrogen) atoms. The van der Waals surface area contributed by atoms with Crippen molar-refractivity contribution in [2.75, 3.05) is 6.26 Å². The molecule has 0 aliphatic carbocycles. The van der Waals surface area contributed by atoms with E-state index in [2.05, 4.69) is 0 Å². The molecule has 0 fully saturated rings. The SMILES string of the molecule is CS(=O)(=O)c1ccc(Oc2cccc(F)c2C(N)=S)cc1. The van der Waals surface area contributed by atoms with Gasteiger partial charge in [0.05, 0.1) is 10.5 Å². The van der Waals surface area contributed by atoms with Crippen molar-refractivity contribution < 1.29 is 17.5 Å². The van der Waals surface area contributed by atoms with Gasteiger partial charge in [0.2, 0.25) is 0 Å². The largest absolute Gasteiger partial charge is 0.457 e. The fourth-order valence-electron chi connectivity index (χ4n) is 1.71. The van der Waals surface area contributed by atoms with Crippen molar-refractivity contribution in [3.05, 3.63) is 53.8 Å². The molecular formula is C14H12FNO3S2. The molecule has 0 aliphatic heterocycles. The highest BCUT2D eigenvalue weighted by Gasteiger charge is 2.13. The number of rotatable bonds is 4. The van der Waals surface area contributed by atoms with E-state index in [0.29, 0.717) is 5.75 Å². The van der Waals surface area contributed by atoms with Crippen LogP contribution < -0.4 is 10.5 Å². The van der Waals surface area contributed by atoms with Crippen LogP contribution in [0.4, 0.5) is 4.39 Å². The summed E-state index contributed by atoms with van der Waals surface area (Å²) >= 11 is 4.80. The minimum Gasteiger partial charge on any atom is -0.457 e. The van der Waals surface area contributed by atoms with Gasteiger partial charge in [-0.25, -0.2) is 12.8 Å². The molecule has 2 rings (SSSR count). The first-order valence-corrected chi connectivity index (χ1v) is 8.15. The summed E-state index contributed by atoms with van der Waals surface area (Å²) in [6.45, 7) is 0. The zero-order valence-corrected chi connectivity index (χ0v) is 12.7. The van der Waals surface area contributed by atoms with Crippen molar-refractivity contribution in [1.82, 2.24) is 0 Å². The van der Waals surface area contributed by atoms with Gasteiger partial charge in [-0.1, -0.05) is 18.3 Å². The maximum Gasteiger partial charge on any atom is 0.175 e. The van der Waals surface area contributed by atoms with E-state index in [0.717, 1.165) is 6.26 Å². The minimum absolute atomic E-state index is 0.0136.